The van der Waals surface area contributed by atoms with E-state index in [9.17, 15) is 8.78 Å². The van der Waals surface area contributed by atoms with Crippen molar-refractivity contribution in [2.24, 2.45) is 0 Å². The number of nitrogens with zero attached hydrogens (tertiary/aromatic N) is 2. The Hall–Kier alpha value is -1.75. The van der Waals surface area contributed by atoms with Crippen molar-refractivity contribution in [2.75, 3.05) is 6.54 Å². The topological polar surface area (TPSA) is 29.9 Å². The Bertz CT molecular complexity index is 546. The Balaban J connectivity index is 1.85. The molecular weight excluding hydrogens is 260 g/mol. The molecule has 0 bridgehead atoms. The maximum atomic E-state index is 13.0. The van der Waals surface area contributed by atoms with E-state index in [2.05, 4.69) is 10.4 Å². The summed E-state index contributed by atoms with van der Waals surface area (Å²) in [5.74, 6) is -1.06. The highest BCUT2D eigenvalue weighted by Gasteiger charge is 2.07. The van der Waals surface area contributed by atoms with E-state index >= 15 is 0 Å². The van der Waals surface area contributed by atoms with Crippen LogP contribution in [0.1, 0.15) is 31.0 Å². The maximum absolute atomic E-state index is 13.0. The van der Waals surface area contributed by atoms with E-state index in [0.717, 1.165) is 18.2 Å². The maximum Gasteiger partial charge on any atom is 0.126 e. The van der Waals surface area contributed by atoms with Crippen LogP contribution in [0.15, 0.2) is 30.6 Å². The molecule has 0 saturated carbocycles. The highest BCUT2D eigenvalue weighted by atomic mass is 19.1. The van der Waals surface area contributed by atoms with E-state index in [1.54, 1.807) is 0 Å². The molecule has 0 fully saturated rings. The molecule has 0 saturated heterocycles. The molecule has 2 aromatic rings. The molecule has 0 aliphatic carbocycles. The number of nitrogens with one attached hydrogen (secondary N) is 1. The lowest BCUT2D eigenvalue weighted by Gasteiger charge is -2.12. The van der Waals surface area contributed by atoms with Gasteiger partial charge < -0.3 is 5.32 Å². The fourth-order valence-electron chi connectivity index (χ4n) is 2.08. The second-order valence-corrected chi connectivity index (χ2v) is 4.83. The van der Waals surface area contributed by atoms with Crippen molar-refractivity contribution in [1.29, 1.82) is 0 Å². The molecule has 1 aromatic heterocycles. The minimum atomic E-state index is -0.530. The van der Waals surface area contributed by atoms with Crippen LogP contribution in [0.2, 0.25) is 0 Å². The molecular formula is C15H19F2N3. The number of aromatic nitrogens is 2. The van der Waals surface area contributed by atoms with Gasteiger partial charge in [-0.05, 0) is 44.5 Å². The van der Waals surface area contributed by atoms with E-state index in [1.807, 2.05) is 30.9 Å². The van der Waals surface area contributed by atoms with Crippen molar-refractivity contribution in [1.82, 2.24) is 15.1 Å². The van der Waals surface area contributed by atoms with Crippen LogP contribution >= 0.6 is 0 Å². The number of hydrogen-bond acceptors (Lipinski definition) is 2. The first-order chi connectivity index (χ1) is 9.58. The van der Waals surface area contributed by atoms with Crippen LogP contribution in [-0.2, 0) is 13.0 Å². The third-order valence-corrected chi connectivity index (χ3v) is 3.26. The van der Waals surface area contributed by atoms with Crippen LogP contribution in [0.3, 0.4) is 0 Å². The van der Waals surface area contributed by atoms with Crippen molar-refractivity contribution in [3.63, 3.8) is 0 Å². The third-order valence-electron chi connectivity index (χ3n) is 3.26. The molecule has 0 spiro atoms. The van der Waals surface area contributed by atoms with Crippen molar-refractivity contribution in [2.45, 2.75) is 32.9 Å². The van der Waals surface area contributed by atoms with Crippen LogP contribution in [-0.4, -0.2) is 16.3 Å². The summed E-state index contributed by atoms with van der Waals surface area (Å²) in [6.07, 6.45) is 4.42. The van der Waals surface area contributed by atoms with Gasteiger partial charge in [-0.2, -0.15) is 5.10 Å². The van der Waals surface area contributed by atoms with Gasteiger partial charge in [0.05, 0.1) is 6.20 Å². The average Bonchev–Trinajstić information content (AvgIpc) is 2.86. The summed E-state index contributed by atoms with van der Waals surface area (Å²) < 4.78 is 28.0. The van der Waals surface area contributed by atoms with Crippen LogP contribution in [0.4, 0.5) is 8.78 Å². The predicted octanol–water partition coefficient (Wildman–Crippen LogP) is 3.07. The zero-order valence-electron chi connectivity index (χ0n) is 11.7. The molecule has 108 valence electrons. The third kappa shape index (κ3) is 3.87. The summed E-state index contributed by atoms with van der Waals surface area (Å²) in [7, 11) is 0. The number of hydrogen-bond donors (Lipinski definition) is 1. The highest BCUT2D eigenvalue weighted by Crippen LogP contribution is 2.12. The summed E-state index contributed by atoms with van der Waals surface area (Å²) in [5.41, 5.74) is 1.77. The number of benzene rings is 1. The molecule has 3 nitrogen and oxygen atoms in total. The van der Waals surface area contributed by atoms with Gasteiger partial charge in [0.15, 0.2) is 0 Å². The summed E-state index contributed by atoms with van der Waals surface area (Å²) in [5, 5.41) is 7.55. The van der Waals surface area contributed by atoms with Gasteiger partial charge in [-0.15, -0.1) is 0 Å². The fraction of sp³-hybridized carbons (Fsp3) is 0.400. The highest BCUT2D eigenvalue weighted by molar-refractivity contribution is 5.18. The second-order valence-electron chi connectivity index (χ2n) is 4.83. The lowest BCUT2D eigenvalue weighted by molar-refractivity contribution is 0.562. The van der Waals surface area contributed by atoms with Gasteiger partial charge in [-0.25, -0.2) is 8.78 Å². The lowest BCUT2D eigenvalue weighted by Crippen LogP contribution is -2.21. The van der Waals surface area contributed by atoms with Crippen molar-refractivity contribution in [3.8, 4) is 0 Å². The Morgan fingerprint density at radius 2 is 1.95 bits per heavy atom. The number of halogens is 2. The standard InChI is InChI=1S/C15H19F2N3/c1-3-20-10-13(9-19-20)11(2)18-5-4-12-6-14(16)8-15(17)7-12/h6-11,18H,3-5H2,1-2H3. The average molecular weight is 279 g/mol. The molecule has 1 unspecified atom stereocenters. The molecule has 1 N–H and O–H groups in total. The predicted molar refractivity (Wildman–Crippen MR) is 74.4 cm³/mol. The Morgan fingerprint density at radius 3 is 2.55 bits per heavy atom. The smallest absolute Gasteiger partial charge is 0.126 e. The first-order valence-electron chi connectivity index (χ1n) is 6.79. The molecule has 5 heteroatoms. The van der Waals surface area contributed by atoms with Crippen molar-refractivity contribution >= 4 is 0 Å². The van der Waals surface area contributed by atoms with Crippen LogP contribution in [0, 0.1) is 11.6 Å². The minimum absolute atomic E-state index is 0.161. The lowest BCUT2D eigenvalue weighted by atomic mass is 10.1. The molecule has 1 atom stereocenters. The molecule has 0 amide bonds. The first-order valence-corrected chi connectivity index (χ1v) is 6.79. The summed E-state index contributed by atoms with van der Waals surface area (Å²) in [6, 6.07) is 3.78. The van der Waals surface area contributed by atoms with E-state index in [4.69, 9.17) is 0 Å². The van der Waals surface area contributed by atoms with E-state index in [1.165, 1.54) is 12.1 Å². The quantitative estimate of drug-likeness (QED) is 0.880. The Labute approximate surface area is 117 Å². The molecule has 20 heavy (non-hydrogen) atoms. The van der Waals surface area contributed by atoms with Gasteiger partial charge in [0.1, 0.15) is 11.6 Å². The van der Waals surface area contributed by atoms with Crippen LogP contribution in [0.25, 0.3) is 0 Å². The molecule has 0 aliphatic heterocycles. The Kier molecular flexibility index (Phi) is 4.84. The number of aryl methyl sites for hydroxylation is 1. The summed E-state index contributed by atoms with van der Waals surface area (Å²) in [4.78, 5) is 0. The molecule has 0 radical (unpaired) electrons. The molecule has 2 rings (SSSR count). The minimum Gasteiger partial charge on any atom is -0.310 e. The molecule has 0 aliphatic rings. The van der Waals surface area contributed by atoms with E-state index in [-0.39, 0.29) is 6.04 Å². The van der Waals surface area contributed by atoms with Crippen molar-refractivity contribution < 1.29 is 8.78 Å². The SMILES string of the molecule is CCn1cc(C(C)NCCc2cc(F)cc(F)c2)cn1. The van der Waals surface area contributed by atoms with Gasteiger partial charge in [0.25, 0.3) is 0 Å². The van der Waals surface area contributed by atoms with Crippen LogP contribution in [0.5, 0.6) is 0 Å². The molecule has 1 heterocycles. The van der Waals surface area contributed by atoms with Gasteiger partial charge >= 0.3 is 0 Å². The molecule has 1 aromatic carbocycles. The fourth-order valence-corrected chi connectivity index (χ4v) is 2.08. The largest absolute Gasteiger partial charge is 0.310 e. The van der Waals surface area contributed by atoms with Crippen LogP contribution < -0.4 is 5.32 Å². The number of rotatable bonds is 6. The zero-order valence-corrected chi connectivity index (χ0v) is 11.7. The van der Waals surface area contributed by atoms with Gasteiger partial charge in [0.2, 0.25) is 0 Å². The second kappa shape index (κ2) is 6.61. The van der Waals surface area contributed by atoms with Crippen molar-refractivity contribution in [3.05, 3.63) is 53.4 Å². The summed E-state index contributed by atoms with van der Waals surface area (Å²) in [6.45, 7) is 5.58. The van der Waals surface area contributed by atoms with E-state index < -0.39 is 11.6 Å². The van der Waals surface area contributed by atoms with Gasteiger partial charge in [-0.1, -0.05) is 0 Å². The summed E-state index contributed by atoms with van der Waals surface area (Å²) >= 11 is 0. The van der Waals surface area contributed by atoms with E-state index in [0.29, 0.717) is 18.5 Å². The van der Waals surface area contributed by atoms with Gasteiger partial charge in [-0.3, -0.25) is 4.68 Å². The van der Waals surface area contributed by atoms with Gasteiger partial charge in [0, 0.05) is 30.4 Å². The zero-order chi connectivity index (χ0) is 14.5. The monoisotopic (exact) mass is 279 g/mol. The first kappa shape index (κ1) is 14.7. The normalized spacial score (nSPS) is 12.6. The Morgan fingerprint density at radius 1 is 1.25 bits per heavy atom.